The van der Waals surface area contributed by atoms with Crippen LogP contribution in [0.4, 0.5) is 8.78 Å². The summed E-state index contributed by atoms with van der Waals surface area (Å²) < 4.78 is 35.1. The van der Waals surface area contributed by atoms with Crippen LogP contribution in [-0.4, -0.2) is 20.6 Å². The number of nitrogens with zero attached hydrogens (tertiary/aromatic N) is 2. The summed E-state index contributed by atoms with van der Waals surface area (Å²) in [6, 6.07) is 6.83. The van der Waals surface area contributed by atoms with Crippen molar-refractivity contribution < 1.29 is 23.4 Å². The molecule has 2 heterocycles. The third-order valence-electron chi connectivity index (χ3n) is 4.41. The van der Waals surface area contributed by atoms with Gasteiger partial charge in [0.2, 0.25) is 5.91 Å². The van der Waals surface area contributed by atoms with Gasteiger partial charge in [0, 0.05) is 19.3 Å². The van der Waals surface area contributed by atoms with E-state index < -0.39 is 23.1 Å². The van der Waals surface area contributed by atoms with Crippen molar-refractivity contribution in [3.8, 4) is 17.1 Å². The molecule has 0 aliphatic rings. The van der Waals surface area contributed by atoms with E-state index in [1.807, 2.05) is 0 Å². The van der Waals surface area contributed by atoms with Gasteiger partial charge in [-0.05, 0) is 49.2 Å². The summed E-state index contributed by atoms with van der Waals surface area (Å²) in [7, 11) is 1.69. The highest BCUT2D eigenvalue weighted by Crippen LogP contribution is 2.31. The van der Waals surface area contributed by atoms with Crippen LogP contribution >= 0.6 is 0 Å². The molecule has 0 radical (unpaired) electrons. The molecule has 3 aromatic rings. The molecule has 0 fully saturated rings. The molecule has 0 aliphatic carbocycles. The second-order valence-corrected chi connectivity index (χ2v) is 7.29. The lowest BCUT2D eigenvalue weighted by Crippen LogP contribution is -2.16. The molecule has 0 aliphatic heterocycles. The molecule has 0 spiro atoms. The number of rotatable bonds is 6. The molecule has 0 saturated carbocycles. The predicted octanol–water partition coefficient (Wildman–Crippen LogP) is 3.27. The molecule has 0 atom stereocenters. The molecule has 1 amide bonds. The van der Waals surface area contributed by atoms with Crippen molar-refractivity contribution in [3.63, 3.8) is 0 Å². The molecule has 6 nitrogen and oxygen atoms in total. The number of hydrogen-bond donors (Lipinski definition) is 2. The Balaban J connectivity index is 1.94. The number of amides is 1. The third-order valence-corrected chi connectivity index (χ3v) is 4.41. The van der Waals surface area contributed by atoms with Crippen molar-refractivity contribution in [1.29, 1.82) is 0 Å². The Labute approximate surface area is 166 Å². The zero-order valence-electron chi connectivity index (χ0n) is 16.2. The van der Waals surface area contributed by atoms with Gasteiger partial charge in [0.15, 0.2) is 5.75 Å². The second kappa shape index (κ2) is 7.63. The van der Waals surface area contributed by atoms with Gasteiger partial charge in [-0.3, -0.25) is 4.79 Å². The first-order valence-electron chi connectivity index (χ1n) is 8.82. The van der Waals surface area contributed by atoms with Crippen molar-refractivity contribution >= 4 is 5.91 Å². The summed E-state index contributed by atoms with van der Waals surface area (Å²) in [5.41, 5.74) is 6.03. The Morgan fingerprint density at radius 3 is 2.55 bits per heavy atom. The van der Waals surface area contributed by atoms with E-state index >= 15 is 0 Å². The molecule has 1 aromatic carbocycles. The van der Waals surface area contributed by atoms with Gasteiger partial charge >= 0.3 is 0 Å². The predicted molar refractivity (Wildman–Crippen MR) is 103 cm³/mol. The summed E-state index contributed by atoms with van der Waals surface area (Å²) in [6.07, 6.45) is 2.57. The summed E-state index contributed by atoms with van der Waals surface area (Å²) >= 11 is 0. The maximum absolute atomic E-state index is 13.9. The highest BCUT2D eigenvalue weighted by Gasteiger charge is 2.19. The fraction of sp³-hybridized carbons (Fsp3) is 0.238. The quantitative estimate of drug-likeness (QED) is 0.663. The smallest absolute Gasteiger partial charge is 0.250 e. The van der Waals surface area contributed by atoms with Gasteiger partial charge < -0.3 is 20.1 Å². The van der Waals surface area contributed by atoms with Crippen LogP contribution in [0.2, 0.25) is 0 Å². The summed E-state index contributed by atoms with van der Waals surface area (Å²) in [5.74, 6) is -1.61. The van der Waals surface area contributed by atoms with Crippen LogP contribution in [0.3, 0.4) is 0 Å². The van der Waals surface area contributed by atoms with Gasteiger partial charge in [-0.2, -0.15) is 0 Å². The number of nitrogens with two attached hydrogens (primary N) is 1. The number of carbonyl (C=O) groups is 1. The fourth-order valence-electron chi connectivity index (χ4n) is 2.91. The summed E-state index contributed by atoms with van der Waals surface area (Å²) in [5, 5.41) is 10.1. The van der Waals surface area contributed by atoms with Crippen LogP contribution in [-0.2, 0) is 19.3 Å². The Kier molecular flexibility index (Phi) is 5.39. The highest BCUT2D eigenvalue weighted by atomic mass is 19.1. The molecule has 0 bridgehead atoms. The van der Waals surface area contributed by atoms with Crippen LogP contribution < -0.4 is 10.5 Å². The highest BCUT2D eigenvalue weighted by molar-refractivity contribution is 5.94. The minimum atomic E-state index is -1.23. The molecule has 3 N–H and O–H groups in total. The van der Waals surface area contributed by atoms with E-state index in [-0.39, 0.29) is 17.9 Å². The Morgan fingerprint density at radius 1 is 1.21 bits per heavy atom. The number of aromatic nitrogens is 2. The number of aliphatic hydroxyl groups is 1. The van der Waals surface area contributed by atoms with Gasteiger partial charge in [0.05, 0.1) is 23.1 Å². The lowest BCUT2D eigenvalue weighted by atomic mass is 9.96. The molecule has 3 rings (SSSR count). The lowest BCUT2D eigenvalue weighted by Gasteiger charge is -2.19. The minimum Gasteiger partial charge on any atom is -0.486 e. The van der Waals surface area contributed by atoms with Gasteiger partial charge in [-0.15, -0.1) is 0 Å². The number of primary amides is 1. The minimum absolute atomic E-state index is 0.0773. The van der Waals surface area contributed by atoms with Crippen LogP contribution in [0.15, 0.2) is 42.7 Å². The molecule has 0 saturated heterocycles. The molecule has 152 valence electrons. The largest absolute Gasteiger partial charge is 0.486 e. The number of pyridine rings is 1. The summed E-state index contributed by atoms with van der Waals surface area (Å²) in [6.45, 7) is 3.02. The van der Waals surface area contributed by atoms with Crippen molar-refractivity contribution in [1.82, 2.24) is 9.55 Å². The van der Waals surface area contributed by atoms with Crippen LogP contribution in [0.25, 0.3) is 11.4 Å². The van der Waals surface area contributed by atoms with Gasteiger partial charge in [0.1, 0.15) is 23.9 Å². The monoisotopic (exact) mass is 401 g/mol. The van der Waals surface area contributed by atoms with E-state index in [4.69, 9.17) is 10.5 Å². The Bertz CT molecular complexity index is 1070. The van der Waals surface area contributed by atoms with Crippen LogP contribution in [0, 0.1) is 11.6 Å². The first kappa shape index (κ1) is 20.5. The van der Waals surface area contributed by atoms with E-state index in [2.05, 4.69) is 4.98 Å². The molecule has 0 unspecified atom stereocenters. The number of hydrogen-bond acceptors (Lipinski definition) is 4. The van der Waals surface area contributed by atoms with E-state index in [0.717, 1.165) is 12.3 Å². The second-order valence-electron chi connectivity index (χ2n) is 7.29. The van der Waals surface area contributed by atoms with E-state index in [1.54, 1.807) is 31.5 Å². The van der Waals surface area contributed by atoms with Crippen molar-refractivity contribution in [2.45, 2.75) is 26.1 Å². The standard InChI is InChI=1S/C21H21F2N3O3/c1-21(2,28)14-4-12(5-15(22)7-14)11-29-18-8-16(23)9-25-19(18)17-6-13(20(24)27)10-26(17)3/h4-10,28H,11H2,1-3H3,(H2,24,27). The first-order chi connectivity index (χ1) is 13.5. The lowest BCUT2D eigenvalue weighted by molar-refractivity contribution is 0.0780. The first-order valence-corrected chi connectivity index (χ1v) is 8.82. The van der Waals surface area contributed by atoms with E-state index in [0.29, 0.717) is 22.5 Å². The van der Waals surface area contributed by atoms with Crippen molar-refractivity contribution in [2.75, 3.05) is 0 Å². The van der Waals surface area contributed by atoms with Gasteiger partial charge in [0.25, 0.3) is 0 Å². The normalized spacial score (nSPS) is 11.5. The average Bonchev–Trinajstić information content (AvgIpc) is 3.01. The zero-order chi connectivity index (χ0) is 21.3. The van der Waals surface area contributed by atoms with Gasteiger partial charge in [-0.25, -0.2) is 13.8 Å². The SMILES string of the molecule is Cn1cc(C(N)=O)cc1-c1ncc(F)cc1OCc1cc(F)cc(C(C)(C)O)c1. The number of ether oxygens (including phenoxy) is 1. The van der Waals surface area contributed by atoms with Crippen molar-refractivity contribution in [2.24, 2.45) is 12.8 Å². The Morgan fingerprint density at radius 2 is 1.93 bits per heavy atom. The molecular formula is C21H21F2N3O3. The van der Waals surface area contributed by atoms with Crippen LogP contribution in [0.5, 0.6) is 5.75 Å². The fourth-order valence-corrected chi connectivity index (χ4v) is 2.91. The van der Waals surface area contributed by atoms with E-state index in [9.17, 15) is 18.7 Å². The number of aryl methyl sites for hydroxylation is 1. The zero-order valence-corrected chi connectivity index (χ0v) is 16.2. The maximum atomic E-state index is 13.9. The van der Waals surface area contributed by atoms with E-state index in [1.165, 1.54) is 24.4 Å². The van der Waals surface area contributed by atoms with Crippen LogP contribution in [0.1, 0.15) is 35.3 Å². The molecule has 8 heteroatoms. The molecule has 2 aromatic heterocycles. The third kappa shape index (κ3) is 4.60. The average molecular weight is 401 g/mol. The van der Waals surface area contributed by atoms with Crippen molar-refractivity contribution in [3.05, 3.63) is 71.1 Å². The number of halogens is 2. The maximum Gasteiger partial charge on any atom is 0.250 e. The number of benzene rings is 1. The number of carbonyl (C=O) groups excluding carboxylic acids is 1. The molecule has 29 heavy (non-hydrogen) atoms. The Hall–Kier alpha value is -3.26. The van der Waals surface area contributed by atoms with Gasteiger partial charge in [-0.1, -0.05) is 0 Å². The summed E-state index contributed by atoms with van der Waals surface area (Å²) in [4.78, 5) is 15.5. The topological polar surface area (TPSA) is 90.4 Å². The molecular weight excluding hydrogens is 380 g/mol.